The standard InChI is InChI=1S/C30H34F3N5O3/c1-29(2,3)20-10-8-19(9-11-20)26-25-23(35(4)28(41)34-26)17-38(27(25)40)18-24(39)37-14-12-36(13-15-37)22-7-5-6-21(16-22)30(31,32)33/h5-11,16,26H,12-15,17-18H2,1-4H3,(H,34,41)/t26-/m1/s1. The Hall–Kier alpha value is -4.02. The molecule has 3 aliphatic heterocycles. The number of benzene rings is 2. The van der Waals surface area contributed by atoms with Crippen molar-refractivity contribution < 1.29 is 27.6 Å². The van der Waals surface area contributed by atoms with E-state index in [1.165, 1.54) is 15.9 Å². The van der Waals surface area contributed by atoms with Gasteiger partial charge in [0.05, 0.1) is 29.4 Å². The van der Waals surface area contributed by atoms with Crippen molar-refractivity contribution in [3.8, 4) is 0 Å². The summed E-state index contributed by atoms with van der Waals surface area (Å²) in [5.74, 6) is -0.539. The summed E-state index contributed by atoms with van der Waals surface area (Å²) in [6.07, 6.45) is -4.42. The lowest BCUT2D eigenvalue weighted by Crippen LogP contribution is -2.51. The van der Waals surface area contributed by atoms with Crippen molar-refractivity contribution in [3.63, 3.8) is 0 Å². The third kappa shape index (κ3) is 5.62. The van der Waals surface area contributed by atoms with Crippen molar-refractivity contribution in [2.45, 2.75) is 38.4 Å². The first kappa shape index (κ1) is 28.5. The van der Waals surface area contributed by atoms with E-state index >= 15 is 0 Å². The molecule has 8 nitrogen and oxygen atoms in total. The highest BCUT2D eigenvalue weighted by Gasteiger charge is 2.43. The van der Waals surface area contributed by atoms with Gasteiger partial charge in [-0.05, 0) is 34.7 Å². The molecule has 3 heterocycles. The number of amides is 4. The Labute approximate surface area is 237 Å². The van der Waals surface area contributed by atoms with Crippen LogP contribution in [-0.2, 0) is 21.2 Å². The van der Waals surface area contributed by atoms with Crippen molar-refractivity contribution in [1.29, 1.82) is 0 Å². The topological polar surface area (TPSA) is 76.2 Å². The maximum atomic E-state index is 13.6. The summed E-state index contributed by atoms with van der Waals surface area (Å²) >= 11 is 0. The van der Waals surface area contributed by atoms with Crippen LogP contribution in [-0.4, -0.2) is 78.9 Å². The number of nitrogens with one attached hydrogen (secondary N) is 1. The number of likely N-dealkylation sites (N-methyl/N-ethyl adjacent to an activating group) is 1. The number of carbonyl (C=O) groups excluding carboxylic acids is 3. The van der Waals surface area contributed by atoms with Gasteiger partial charge in [0.25, 0.3) is 5.91 Å². The summed E-state index contributed by atoms with van der Waals surface area (Å²) in [6.45, 7) is 7.74. The first-order valence-electron chi connectivity index (χ1n) is 13.6. The fraction of sp³-hybridized carbons (Fsp3) is 0.433. The molecule has 4 amide bonds. The highest BCUT2D eigenvalue weighted by molar-refractivity contribution is 6.03. The molecule has 0 aliphatic carbocycles. The van der Waals surface area contributed by atoms with Gasteiger partial charge < -0.3 is 20.0 Å². The summed E-state index contributed by atoms with van der Waals surface area (Å²) in [6, 6.07) is 12.1. The van der Waals surface area contributed by atoms with E-state index in [0.29, 0.717) is 43.1 Å². The summed E-state index contributed by atoms with van der Waals surface area (Å²) in [5, 5.41) is 2.92. The zero-order chi connectivity index (χ0) is 29.7. The minimum atomic E-state index is -4.42. The first-order chi connectivity index (χ1) is 19.2. The Balaban J connectivity index is 1.25. The molecule has 0 unspecified atom stereocenters. The SMILES string of the molecule is CN1C(=O)N[C@H](c2ccc(C(C)(C)C)cc2)C2=C1CN(CC(=O)N1CCN(c3cccc(C(F)(F)F)c3)CC1)C2=O. The van der Waals surface area contributed by atoms with Crippen molar-refractivity contribution in [2.24, 2.45) is 0 Å². The molecule has 0 radical (unpaired) electrons. The quantitative estimate of drug-likeness (QED) is 0.601. The van der Waals surface area contributed by atoms with Crippen LogP contribution in [0.25, 0.3) is 0 Å². The van der Waals surface area contributed by atoms with Crippen molar-refractivity contribution in [1.82, 2.24) is 20.0 Å². The van der Waals surface area contributed by atoms with Crippen molar-refractivity contribution in [2.75, 3.05) is 51.2 Å². The number of nitrogens with zero attached hydrogens (tertiary/aromatic N) is 4. The number of halogens is 3. The molecular formula is C30H34F3N5O3. The molecule has 1 atom stereocenters. The van der Waals surface area contributed by atoms with Gasteiger partial charge in [0.15, 0.2) is 0 Å². The number of urea groups is 1. The van der Waals surface area contributed by atoms with E-state index in [4.69, 9.17) is 0 Å². The molecule has 0 saturated carbocycles. The largest absolute Gasteiger partial charge is 0.416 e. The van der Waals surface area contributed by atoms with Crippen LogP contribution < -0.4 is 10.2 Å². The molecule has 1 saturated heterocycles. The number of hydrogen-bond acceptors (Lipinski definition) is 4. The van der Waals surface area contributed by atoms with Crippen LogP contribution in [0.3, 0.4) is 0 Å². The van der Waals surface area contributed by atoms with Gasteiger partial charge in [-0.15, -0.1) is 0 Å². The smallest absolute Gasteiger partial charge is 0.368 e. The fourth-order valence-corrected chi connectivity index (χ4v) is 5.53. The van der Waals surface area contributed by atoms with Crippen LogP contribution >= 0.6 is 0 Å². The number of anilines is 1. The average molecular weight is 570 g/mol. The van der Waals surface area contributed by atoms with Crippen molar-refractivity contribution in [3.05, 3.63) is 76.5 Å². The molecule has 1 fully saturated rings. The maximum Gasteiger partial charge on any atom is 0.416 e. The van der Waals surface area contributed by atoms with Crippen molar-refractivity contribution >= 4 is 23.5 Å². The summed E-state index contributed by atoms with van der Waals surface area (Å²) < 4.78 is 39.4. The maximum absolute atomic E-state index is 13.6. The summed E-state index contributed by atoms with van der Waals surface area (Å²) in [4.78, 5) is 45.9. The van der Waals surface area contributed by atoms with Gasteiger partial charge in [0.1, 0.15) is 6.54 Å². The van der Waals surface area contributed by atoms with Crippen LogP contribution in [0.4, 0.5) is 23.7 Å². The summed E-state index contributed by atoms with van der Waals surface area (Å²) in [7, 11) is 1.61. The number of alkyl halides is 3. The molecule has 0 aromatic heterocycles. The van der Waals surface area contributed by atoms with Crippen LogP contribution in [0.2, 0.25) is 0 Å². The van der Waals surface area contributed by atoms with E-state index in [9.17, 15) is 27.6 Å². The molecule has 2 aromatic carbocycles. The zero-order valence-corrected chi connectivity index (χ0v) is 23.6. The normalized spacial score (nSPS) is 20.0. The second-order valence-corrected chi connectivity index (χ2v) is 11.8. The summed E-state index contributed by atoms with van der Waals surface area (Å²) in [5.41, 5.74) is 2.66. The van der Waals surface area contributed by atoms with Gasteiger partial charge in [0.2, 0.25) is 5.91 Å². The van der Waals surface area contributed by atoms with Gasteiger partial charge in [-0.3, -0.25) is 14.5 Å². The first-order valence-corrected chi connectivity index (χ1v) is 13.6. The lowest BCUT2D eigenvalue weighted by Gasteiger charge is -2.37. The Bertz CT molecular complexity index is 1390. The van der Waals surface area contributed by atoms with E-state index < -0.39 is 17.8 Å². The predicted octanol–water partition coefficient (Wildman–Crippen LogP) is 4.14. The average Bonchev–Trinajstić information content (AvgIpc) is 3.26. The molecule has 0 bridgehead atoms. The van der Waals surface area contributed by atoms with E-state index in [-0.39, 0.29) is 36.3 Å². The highest BCUT2D eigenvalue weighted by atomic mass is 19.4. The molecule has 3 aliphatic rings. The zero-order valence-electron chi connectivity index (χ0n) is 23.6. The molecule has 41 heavy (non-hydrogen) atoms. The van der Waals surface area contributed by atoms with Gasteiger partial charge in [-0.25, -0.2) is 4.79 Å². The second kappa shape index (κ2) is 10.4. The molecule has 0 spiro atoms. The molecule has 1 N–H and O–H groups in total. The number of hydrogen-bond donors (Lipinski definition) is 1. The van der Waals surface area contributed by atoms with Crippen LogP contribution in [0, 0.1) is 0 Å². The van der Waals surface area contributed by atoms with E-state index in [1.54, 1.807) is 18.0 Å². The molecule has 11 heteroatoms. The van der Waals surface area contributed by atoms with Gasteiger partial charge in [0, 0.05) is 38.9 Å². The number of carbonyl (C=O) groups is 3. The highest BCUT2D eigenvalue weighted by Crippen LogP contribution is 2.36. The second-order valence-electron chi connectivity index (χ2n) is 11.8. The minimum Gasteiger partial charge on any atom is -0.368 e. The molecule has 5 rings (SSSR count). The Morgan fingerprint density at radius 2 is 1.61 bits per heavy atom. The lowest BCUT2D eigenvalue weighted by atomic mass is 9.85. The van der Waals surface area contributed by atoms with E-state index in [0.717, 1.165) is 23.3 Å². The van der Waals surface area contributed by atoms with Gasteiger partial charge >= 0.3 is 12.2 Å². The minimum absolute atomic E-state index is 0.0437. The van der Waals surface area contributed by atoms with E-state index in [1.807, 2.05) is 29.2 Å². The van der Waals surface area contributed by atoms with Crippen LogP contribution in [0.15, 0.2) is 59.8 Å². The van der Waals surface area contributed by atoms with E-state index in [2.05, 4.69) is 26.1 Å². The fourth-order valence-electron chi connectivity index (χ4n) is 5.53. The Kier molecular flexibility index (Phi) is 7.25. The van der Waals surface area contributed by atoms with Gasteiger partial charge in [-0.2, -0.15) is 13.2 Å². The molecular weight excluding hydrogens is 535 g/mol. The monoisotopic (exact) mass is 569 g/mol. The number of rotatable bonds is 4. The molecule has 2 aromatic rings. The lowest BCUT2D eigenvalue weighted by molar-refractivity contribution is -0.137. The third-order valence-corrected chi connectivity index (χ3v) is 8.04. The Morgan fingerprint density at radius 3 is 2.22 bits per heavy atom. The van der Waals surface area contributed by atoms with Crippen LogP contribution in [0.5, 0.6) is 0 Å². The Morgan fingerprint density at radius 1 is 0.951 bits per heavy atom. The van der Waals surface area contributed by atoms with Gasteiger partial charge in [-0.1, -0.05) is 51.1 Å². The third-order valence-electron chi connectivity index (χ3n) is 8.04. The van der Waals surface area contributed by atoms with Crippen LogP contribution in [0.1, 0.15) is 43.5 Å². The molecule has 218 valence electrons. The predicted molar refractivity (Wildman–Crippen MR) is 148 cm³/mol. The number of piperazine rings is 1.